The summed E-state index contributed by atoms with van der Waals surface area (Å²) in [5, 5.41) is 6.77. The summed E-state index contributed by atoms with van der Waals surface area (Å²) >= 11 is 0. The van der Waals surface area contributed by atoms with Crippen LogP contribution in [0.2, 0.25) is 0 Å². The summed E-state index contributed by atoms with van der Waals surface area (Å²) < 4.78 is 13.9. The van der Waals surface area contributed by atoms with Crippen LogP contribution in [0.4, 0.5) is 17.1 Å². The fourth-order valence-electron chi connectivity index (χ4n) is 8.26. The first-order valence-corrected chi connectivity index (χ1v) is 18.7. The van der Waals surface area contributed by atoms with E-state index in [9.17, 15) is 0 Å². The SMILES string of the molecule is c1ccc(-c2cccc3c2oc2c(N(c4ccc(-c5ccc6ccccc6c5)cc4)c4cccc5c4oc4ccccc45)ccc(-c4ccccc4)c23)cc1. The van der Waals surface area contributed by atoms with Crippen LogP contribution in [0, 0.1) is 0 Å². The quantitative estimate of drug-likeness (QED) is 0.173. The first kappa shape index (κ1) is 31.2. The van der Waals surface area contributed by atoms with Crippen LogP contribution in [0.5, 0.6) is 0 Å². The zero-order valence-electron chi connectivity index (χ0n) is 29.8. The third kappa shape index (κ3) is 5.13. The summed E-state index contributed by atoms with van der Waals surface area (Å²) in [5.41, 5.74) is 13.0. The Morgan fingerprint density at radius 2 is 0.964 bits per heavy atom. The Kier molecular flexibility index (Phi) is 7.17. The average molecular weight is 704 g/mol. The van der Waals surface area contributed by atoms with Crippen LogP contribution in [-0.4, -0.2) is 0 Å². The molecule has 11 aromatic rings. The molecule has 0 spiro atoms. The summed E-state index contributed by atoms with van der Waals surface area (Å²) in [5.74, 6) is 0. The highest BCUT2D eigenvalue weighted by atomic mass is 16.3. The minimum Gasteiger partial charge on any atom is -0.454 e. The number of furan rings is 2. The lowest BCUT2D eigenvalue weighted by Crippen LogP contribution is -2.10. The molecular weight excluding hydrogens is 671 g/mol. The number of nitrogens with zero attached hydrogens (tertiary/aromatic N) is 1. The Bertz CT molecular complexity index is 3190. The second-order valence-corrected chi connectivity index (χ2v) is 14.0. The van der Waals surface area contributed by atoms with Gasteiger partial charge in [-0.2, -0.15) is 0 Å². The molecule has 3 nitrogen and oxygen atoms in total. The van der Waals surface area contributed by atoms with Gasteiger partial charge in [0.1, 0.15) is 11.2 Å². The lowest BCUT2D eigenvalue weighted by molar-refractivity contribution is 0.667. The fourth-order valence-corrected chi connectivity index (χ4v) is 8.26. The molecule has 0 saturated heterocycles. The maximum atomic E-state index is 7.19. The van der Waals surface area contributed by atoms with E-state index < -0.39 is 0 Å². The zero-order chi connectivity index (χ0) is 36.3. The second kappa shape index (κ2) is 12.6. The molecule has 0 radical (unpaired) electrons. The van der Waals surface area contributed by atoms with Crippen molar-refractivity contribution < 1.29 is 8.83 Å². The number of hydrogen-bond donors (Lipinski definition) is 0. The third-order valence-electron chi connectivity index (χ3n) is 10.9. The average Bonchev–Trinajstić information content (AvgIpc) is 3.85. The van der Waals surface area contributed by atoms with Gasteiger partial charge in [0, 0.05) is 32.8 Å². The summed E-state index contributed by atoms with van der Waals surface area (Å²) in [6, 6.07) is 70.7. The normalized spacial score (nSPS) is 11.6. The molecule has 2 heterocycles. The summed E-state index contributed by atoms with van der Waals surface area (Å²) in [7, 11) is 0. The lowest BCUT2D eigenvalue weighted by atomic mass is 9.96. The monoisotopic (exact) mass is 703 g/mol. The van der Waals surface area contributed by atoms with Crippen molar-refractivity contribution in [1.82, 2.24) is 0 Å². The molecule has 0 unspecified atom stereocenters. The lowest BCUT2D eigenvalue weighted by Gasteiger charge is -2.26. The van der Waals surface area contributed by atoms with Crippen molar-refractivity contribution in [2.75, 3.05) is 4.90 Å². The van der Waals surface area contributed by atoms with E-state index >= 15 is 0 Å². The number of hydrogen-bond acceptors (Lipinski definition) is 3. The van der Waals surface area contributed by atoms with Gasteiger partial charge in [-0.25, -0.2) is 0 Å². The zero-order valence-corrected chi connectivity index (χ0v) is 29.8. The summed E-state index contributed by atoms with van der Waals surface area (Å²) in [4.78, 5) is 2.30. The van der Waals surface area contributed by atoms with Crippen molar-refractivity contribution in [2.24, 2.45) is 0 Å². The van der Waals surface area contributed by atoms with Crippen LogP contribution in [-0.2, 0) is 0 Å². The molecule has 9 aromatic carbocycles. The molecule has 0 atom stereocenters. The van der Waals surface area contributed by atoms with Crippen LogP contribution in [0.3, 0.4) is 0 Å². The number of anilines is 3. The van der Waals surface area contributed by atoms with Crippen molar-refractivity contribution in [3.8, 4) is 33.4 Å². The van der Waals surface area contributed by atoms with Gasteiger partial charge < -0.3 is 13.7 Å². The maximum absolute atomic E-state index is 7.19. The molecule has 3 heteroatoms. The molecule has 11 rings (SSSR count). The van der Waals surface area contributed by atoms with E-state index in [1.165, 1.54) is 16.3 Å². The van der Waals surface area contributed by atoms with Gasteiger partial charge in [-0.15, -0.1) is 0 Å². The summed E-state index contributed by atoms with van der Waals surface area (Å²) in [6.45, 7) is 0. The van der Waals surface area contributed by atoms with Gasteiger partial charge in [0.15, 0.2) is 11.2 Å². The largest absolute Gasteiger partial charge is 0.454 e. The van der Waals surface area contributed by atoms with Gasteiger partial charge in [-0.3, -0.25) is 0 Å². The summed E-state index contributed by atoms with van der Waals surface area (Å²) in [6.07, 6.45) is 0. The van der Waals surface area contributed by atoms with E-state index in [0.717, 1.165) is 88.8 Å². The van der Waals surface area contributed by atoms with Gasteiger partial charge in [0.05, 0.1) is 11.4 Å². The molecule has 0 bridgehead atoms. The third-order valence-corrected chi connectivity index (χ3v) is 10.9. The van der Waals surface area contributed by atoms with E-state index in [1.54, 1.807) is 0 Å². The smallest absolute Gasteiger partial charge is 0.160 e. The van der Waals surface area contributed by atoms with Gasteiger partial charge in [0.2, 0.25) is 0 Å². The van der Waals surface area contributed by atoms with Gasteiger partial charge in [-0.05, 0) is 75.0 Å². The van der Waals surface area contributed by atoms with Crippen LogP contribution in [0.25, 0.3) is 88.0 Å². The van der Waals surface area contributed by atoms with Crippen LogP contribution < -0.4 is 4.90 Å². The van der Waals surface area contributed by atoms with Crippen molar-refractivity contribution in [3.05, 3.63) is 200 Å². The number of para-hydroxylation sites is 3. The first-order chi connectivity index (χ1) is 27.3. The minimum atomic E-state index is 0.812. The van der Waals surface area contributed by atoms with Gasteiger partial charge >= 0.3 is 0 Å². The first-order valence-electron chi connectivity index (χ1n) is 18.7. The highest BCUT2D eigenvalue weighted by Gasteiger charge is 2.26. The minimum absolute atomic E-state index is 0.812. The number of rotatable bonds is 6. The highest BCUT2D eigenvalue weighted by Crippen LogP contribution is 2.49. The van der Waals surface area contributed by atoms with Gasteiger partial charge in [0.25, 0.3) is 0 Å². The Morgan fingerprint density at radius 3 is 1.78 bits per heavy atom. The highest BCUT2D eigenvalue weighted by molar-refractivity contribution is 6.20. The van der Waals surface area contributed by atoms with Crippen molar-refractivity contribution in [1.29, 1.82) is 0 Å². The predicted octanol–water partition coefficient (Wildman–Crippen LogP) is 15.1. The van der Waals surface area contributed by atoms with E-state index in [1.807, 2.05) is 12.1 Å². The van der Waals surface area contributed by atoms with Crippen molar-refractivity contribution >= 4 is 71.7 Å². The molecule has 2 aromatic heterocycles. The molecule has 0 aliphatic carbocycles. The van der Waals surface area contributed by atoms with Crippen molar-refractivity contribution in [3.63, 3.8) is 0 Å². The fraction of sp³-hybridized carbons (Fsp3) is 0. The number of benzene rings is 9. The number of fused-ring (bicyclic) bond motifs is 7. The molecular formula is C52H33NO2. The molecule has 0 aliphatic rings. The maximum Gasteiger partial charge on any atom is 0.160 e. The van der Waals surface area contributed by atoms with E-state index in [2.05, 4.69) is 193 Å². The molecule has 0 N–H and O–H groups in total. The Labute approximate surface area is 317 Å². The molecule has 258 valence electrons. The standard InChI is InChI=1S/C52H33NO2/c1-3-14-36(15-4-1)41-31-32-47(52-49(41)45-22-11-20-42(50(45)55-52)37-16-5-2-6-17-37)53(46-23-12-21-44-43-19-9-10-24-48(43)54-51(44)46)40-29-27-35(28-30-40)39-26-25-34-13-7-8-18-38(34)33-39/h1-33H. The Balaban J connectivity index is 1.19. The molecule has 0 fully saturated rings. The van der Waals surface area contributed by atoms with E-state index in [4.69, 9.17) is 8.83 Å². The van der Waals surface area contributed by atoms with Crippen molar-refractivity contribution in [2.45, 2.75) is 0 Å². The van der Waals surface area contributed by atoms with E-state index in [0.29, 0.717) is 0 Å². The van der Waals surface area contributed by atoms with Gasteiger partial charge in [-0.1, -0.05) is 164 Å². The predicted molar refractivity (Wildman–Crippen MR) is 229 cm³/mol. The van der Waals surface area contributed by atoms with E-state index in [-0.39, 0.29) is 0 Å². The van der Waals surface area contributed by atoms with Crippen LogP contribution in [0.15, 0.2) is 209 Å². The Hall–Kier alpha value is -7.36. The molecule has 0 saturated carbocycles. The molecule has 0 aliphatic heterocycles. The van der Waals surface area contributed by atoms with Crippen LogP contribution >= 0.6 is 0 Å². The molecule has 0 amide bonds. The molecule has 55 heavy (non-hydrogen) atoms. The Morgan fingerprint density at radius 1 is 0.327 bits per heavy atom. The van der Waals surface area contributed by atoms with Crippen LogP contribution in [0.1, 0.15) is 0 Å². The second-order valence-electron chi connectivity index (χ2n) is 14.0. The topological polar surface area (TPSA) is 29.5 Å².